The fourth-order valence-electron chi connectivity index (χ4n) is 5.16. The van der Waals surface area contributed by atoms with E-state index in [0.29, 0.717) is 26.0 Å². The minimum Gasteiger partial charge on any atom is -0.493 e. The molecule has 1 amide bonds. The first-order valence-electron chi connectivity index (χ1n) is 12.0. The summed E-state index contributed by atoms with van der Waals surface area (Å²) < 4.78 is 34.5. The molecule has 0 aliphatic carbocycles. The van der Waals surface area contributed by atoms with E-state index < -0.39 is 10.0 Å². The van der Waals surface area contributed by atoms with E-state index in [9.17, 15) is 13.2 Å². The molecule has 0 spiro atoms. The molecule has 2 aliphatic rings. The minimum absolute atomic E-state index is 0.120. The Bertz CT molecular complexity index is 1320. The summed E-state index contributed by atoms with van der Waals surface area (Å²) in [5, 5.41) is 5.04. The van der Waals surface area contributed by atoms with Crippen molar-refractivity contribution in [1.82, 2.24) is 9.62 Å². The molecule has 2 aliphatic heterocycles. The van der Waals surface area contributed by atoms with Gasteiger partial charge >= 0.3 is 0 Å². The van der Waals surface area contributed by atoms with Crippen molar-refractivity contribution in [3.05, 3.63) is 71.8 Å². The summed E-state index contributed by atoms with van der Waals surface area (Å²) in [6, 6.07) is 18.5. The number of nitrogens with one attached hydrogen (secondary N) is 1. The molecule has 5 rings (SSSR count). The quantitative estimate of drug-likeness (QED) is 0.576. The lowest BCUT2D eigenvalue weighted by molar-refractivity contribution is -0.123. The fourth-order valence-corrected chi connectivity index (χ4v) is 6.88. The summed E-state index contributed by atoms with van der Waals surface area (Å²) >= 11 is 0. The lowest BCUT2D eigenvalue weighted by atomic mass is 9.97. The van der Waals surface area contributed by atoms with Crippen molar-refractivity contribution in [1.29, 1.82) is 0 Å². The fraction of sp³-hybridized carbons (Fsp3) is 0.370. The Labute approximate surface area is 201 Å². The van der Waals surface area contributed by atoms with Gasteiger partial charge in [-0.25, -0.2) is 8.42 Å². The van der Waals surface area contributed by atoms with Crippen LogP contribution in [0.15, 0.2) is 65.6 Å². The number of hydrogen-bond donors (Lipinski definition) is 1. The Balaban J connectivity index is 1.34. The van der Waals surface area contributed by atoms with Crippen molar-refractivity contribution in [2.45, 2.75) is 56.0 Å². The van der Waals surface area contributed by atoms with E-state index >= 15 is 0 Å². The van der Waals surface area contributed by atoms with E-state index in [-0.39, 0.29) is 29.3 Å². The van der Waals surface area contributed by atoms with Gasteiger partial charge in [-0.05, 0) is 48.2 Å². The first-order valence-corrected chi connectivity index (χ1v) is 13.4. The number of sulfonamides is 1. The number of carbonyl (C=O) groups excluding carboxylic acids is 1. The third-order valence-corrected chi connectivity index (χ3v) is 8.88. The molecule has 1 N–H and O–H groups in total. The third kappa shape index (κ3) is 4.42. The molecule has 3 aromatic carbocycles. The summed E-state index contributed by atoms with van der Waals surface area (Å²) in [4.78, 5) is 13.4. The Morgan fingerprint density at radius 2 is 1.85 bits per heavy atom. The van der Waals surface area contributed by atoms with Gasteiger partial charge in [0.2, 0.25) is 15.9 Å². The number of para-hydroxylation sites is 1. The number of carbonyl (C=O) groups is 1. The van der Waals surface area contributed by atoms with Gasteiger partial charge in [-0.3, -0.25) is 4.79 Å². The smallest absolute Gasteiger partial charge is 0.243 e. The highest BCUT2D eigenvalue weighted by Crippen LogP contribution is 2.35. The first kappa shape index (κ1) is 22.9. The standard InChI is InChI=1S/C27H30N2O4S/c1-19-7-6-11-24-25(14-16-33-27(19)24)28-26(30)18-22-10-4-5-15-29(22)34(31,32)23-13-12-20-8-2-3-9-21(20)17-23/h2-3,6-9,11-13,17,22,25H,4-5,10,14-16,18H2,1H3,(H,28,30)/t22?,25-/m1/s1. The molecule has 3 aromatic rings. The van der Waals surface area contributed by atoms with Crippen LogP contribution >= 0.6 is 0 Å². The highest BCUT2D eigenvalue weighted by molar-refractivity contribution is 7.89. The molecule has 2 atom stereocenters. The number of amides is 1. The normalized spacial score (nSPS) is 21.0. The van der Waals surface area contributed by atoms with E-state index in [1.165, 1.54) is 0 Å². The minimum atomic E-state index is -3.70. The predicted molar refractivity (Wildman–Crippen MR) is 132 cm³/mol. The highest BCUT2D eigenvalue weighted by atomic mass is 32.2. The first-order chi connectivity index (χ1) is 16.4. The largest absolute Gasteiger partial charge is 0.493 e. The van der Waals surface area contributed by atoms with Crippen LogP contribution in [0.25, 0.3) is 10.8 Å². The molecular weight excluding hydrogens is 448 g/mol. The van der Waals surface area contributed by atoms with Gasteiger partial charge in [-0.1, -0.05) is 55.0 Å². The van der Waals surface area contributed by atoms with Crippen LogP contribution in [0.3, 0.4) is 0 Å². The maximum Gasteiger partial charge on any atom is 0.243 e. The van der Waals surface area contributed by atoms with Crippen molar-refractivity contribution < 1.29 is 17.9 Å². The van der Waals surface area contributed by atoms with Crippen molar-refractivity contribution in [2.75, 3.05) is 13.2 Å². The monoisotopic (exact) mass is 478 g/mol. The van der Waals surface area contributed by atoms with E-state index in [4.69, 9.17) is 4.74 Å². The molecule has 0 radical (unpaired) electrons. The van der Waals surface area contributed by atoms with Gasteiger partial charge in [0, 0.05) is 31.0 Å². The zero-order valence-electron chi connectivity index (χ0n) is 19.4. The lowest BCUT2D eigenvalue weighted by Gasteiger charge is -2.35. The maximum atomic E-state index is 13.6. The van der Waals surface area contributed by atoms with Crippen LogP contribution in [0.2, 0.25) is 0 Å². The van der Waals surface area contributed by atoms with Gasteiger partial charge in [0.1, 0.15) is 5.75 Å². The van der Waals surface area contributed by atoms with Gasteiger partial charge in [-0.2, -0.15) is 4.31 Å². The van der Waals surface area contributed by atoms with Crippen molar-refractivity contribution in [3.8, 4) is 5.75 Å². The summed E-state index contributed by atoms with van der Waals surface area (Å²) in [6.45, 7) is 2.99. The average molecular weight is 479 g/mol. The zero-order valence-corrected chi connectivity index (χ0v) is 20.2. The van der Waals surface area contributed by atoms with Gasteiger partial charge in [0.15, 0.2) is 0 Å². The average Bonchev–Trinajstić information content (AvgIpc) is 2.84. The zero-order chi connectivity index (χ0) is 23.7. The van der Waals surface area contributed by atoms with Crippen LogP contribution in [0.4, 0.5) is 0 Å². The Hall–Kier alpha value is -2.90. The summed E-state index contributed by atoms with van der Waals surface area (Å²) in [7, 11) is -3.70. The van der Waals surface area contributed by atoms with Gasteiger partial charge in [-0.15, -0.1) is 0 Å². The number of nitrogens with zero attached hydrogens (tertiary/aromatic N) is 1. The maximum absolute atomic E-state index is 13.6. The van der Waals surface area contributed by atoms with Crippen LogP contribution in [0.1, 0.15) is 49.3 Å². The molecule has 1 unspecified atom stereocenters. The van der Waals surface area contributed by atoms with Crippen LogP contribution in [-0.2, 0) is 14.8 Å². The van der Waals surface area contributed by atoms with Crippen LogP contribution < -0.4 is 10.1 Å². The number of rotatable bonds is 5. The van der Waals surface area contributed by atoms with Crippen molar-refractivity contribution in [2.24, 2.45) is 0 Å². The van der Waals surface area contributed by atoms with Crippen molar-refractivity contribution >= 4 is 26.7 Å². The van der Waals surface area contributed by atoms with E-state index in [0.717, 1.165) is 40.5 Å². The summed E-state index contributed by atoms with van der Waals surface area (Å²) in [5.41, 5.74) is 2.04. The Morgan fingerprint density at radius 1 is 1.03 bits per heavy atom. The topological polar surface area (TPSA) is 75.7 Å². The second-order valence-corrected chi connectivity index (χ2v) is 11.1. The number of piperidine rings is 1. The molecule has 34 heavy (non-hydrogen) atoms. The summed E-state index contributed by atoms with van der Waals surface area (Å²) in [6.07, 6.45) is 3.26. The predicted octanol–water partition coefficient (Wildman–Crippen LogP) is 4.72. The van der Waals surface area contributed by atoms with Crippen molar-refractivity contribution in [3.63, 3.8) is 0 Å². The highest BCUT2D eigenvalue weighted by Gasteiger charge is 2.35. The third-order valence-electron chi connectivity index (χ3n) is 6.93. The number of ether oxygens (including phenoxy) is 1. The van der Waals surface area contributed by atoms with E-state index in [2.05, 4.69) is 5.32 Å². The number of hydrogen-bond acceptors (Lipinski definition) is 4. The van der Waals surface area contributed by atoms with Gasteiger partial charge < -0.3 is 10.1 Å². The Kier molecular flexibility index (Phi) is 6.32. The van der Waals surface area contributed by atoms with Crippen LogP contribution in [0, 0.1) is 6.92 Å². The molecule has 1 fully saturated rings. The van der Waals surface area contributed by atoms with E-state index in [1.807, 2.05) is 55.5 Å². The molecule has 7 heteroatoms. The van der Waals surface area contributed by atoms with Crippen LogP contribution in [-0.4, -0.2) is 37.8 Å². The lowest BCUT2D eigenvalue weighted by Crippen LogP contribution is -2.46. The molecule has 178 valence electrons. The molecule has 0 aromatic heterocycles. The van der Waals surface area contributed by atoms with Gasteiger partial charge in [0.25, 0.3) is 0 Å². The second kappa shape index (κ2) is 9.39. The number of aryl methyl sites for hydroxylation is 1. The Morgan fingerprint density at radius 3 is 2.71 bits per heavy atom. The molecule has 6 nitrogen and oxygen atoms in total. The van der Waals surface area contributed by atoms with Crippen LogP contribution in [0.5, 0.6) is 5.75 Å². The van der Waals surface area contributed by atoms with E-state index in [1.54, 1.807) is 16.4 Å². The SMILES string of the molecule is Cc1cccc2c1OCC[C@H]2NC(=O)CC1CCCCN1S(=O)(=O)c1ccc2ccccc2c1. The van der Waals surface area contributed by atoms with Gasteiger partial charge in [0.05, 0.1) is 17.5 Å². The molecule has 2 heterocycles. The molecular formula is C27H30N2O4S. The summed E-state index contributed by atoms with van der Waals surface area (Å²) in [5.74, 6) is 0.724. The molecule has 0 bridgehead atoms. The second-order valence-electron chi connectivity index (χ2n) is 9.23. The number of fused-ring (bicyclic) bond motifs is 2. The molecule has 1 saturated heterocycles. The number of benzene rings is 3. The molecule has 0 saturated carbocycles.